The average molecular weight is 401 g/mol. The number of methoxy groups -OCH3 is 1. The SMILES string of the molecule is COc1ccc(Cl)cc1NC(=O)C(=O)N/N=C/c1cccc(Cl)c1Cl. The molecule has 2 N–H and O–H groups in total. The predicted octanol–water partition coefficient (Wildman–Crippen LogP) is 3.74. The van der Waals surface area contributed by atoms with Crippen LogP contribution in [0.15, 0.2) is 41.5 Å². The fourth-order valence-corrected chi connectivity index (χ4v) is 2.32. The van der Waals surface area contributed by atoms with Crippen molar-refractivity contribution in [1.29, 1.82) is 0 Å². The molecule has 0 unspecified atom stereocenters. The molecule has 2 amide bonds. The van der Waals surface area contributed by atoms with Gasteiger partial charge in [-0.3, -0.25) is 9.59 Å². The maximum atomic E-state index is 11.9. The van der Waals surface area contributed by atoms with Gasteiger partial charge < -0.3 is 10.1 Å². The number of hydrogen-bond donors (Lipinski definition) is 2. The highest BCUT2D eigenvalue weighted by Gasteiger charge is 2.15. The molecule has 0 aliphatic heterocycles. The van der Waals surface area contributed by atoms with Gasteiger partial charge in [-0.1, -0.05) is 46.9 Å². The van der Waals surface area contributed by atoms with E-state index in [0.717, 1.165) is 0 Å². The molecule has 0 saturated carbocycles. The molecular weight excluding hydrogens is 389 g/mol. The molecule has 0 heterocycles. The molecule has 9 heteroatoms. The summed E-state index contributed by atoms with van der Waals surface area (Å²) in [5.41, 5.74) is 2.85. The van der Waals surface area contributed by atoms with Crippen LogP contribution in [-0.2, 0) is 9.59 Å². The second kappa shape index (κ2) is 8.71. The Bertz CT molecular complexity index is 841. The first kappa shape index (κ1) is 19.1. The standard InChI is InChI=1S/C16H12Cl3N3O3/c1-25-13-6-5-10(17)7-12(13)21-15(23)16(24)22-20-8-9-3-2-4-11(18)14(9)19/h2-8H,1H3,(H,21,23)(H,22,24)/b20-8+. The monoisotopic (exact) mass is 399 g/mol. The molecule has 0 saturated heterocycles. The zero-order chi connectivity index (χ0) is 18.4. The lowest BCUT2D eigenvalue weighted by atomic mass is 10.2. The zero-order valence-electron chi connectivity index (χ0n) is 12.8. The summed E-state index contributed by atoms with van der Waals surface area (Å²) in [6.45, 7) is 0. The van der Waals surface area contributed by atoms with E-state index in [1.54, 1.807) is 30.3 Å². The van der Waals surface area contributed by atoms with Crippen molar-refractivity contribution in [3.05, 3.63) is 57.0 Å². The van der Waals surface area contributed by atoms with E-state index in [1.807, 2.05) is 0 Å². The van der Waals surface area contributed by atoms with E-state index in [2.05, 4.69) is 15.8 Å². The van der Waals surface area contributed by atoms with Gasteiger partial charge in [-0.2, -0.15) is 5.10 Å². The highest BCUT2D eigenvalue weighted by atomic mass is 35.5. The Morgan fingerprint density at radius 1 is 1.12 bits per heavy atom. The molecule has 0 radical (unpaired) electrons. The normalized spacial score (nSPS) is 10.6. The molecule has 6 nitrogen and oxygen atoms in total. The van der Waals surface area contributed by atoms with Gasteiger partial charge in [-0.15, -0.1) is 0 Å². The van der Waals surface area contributed by atoms with E-state index >= 15 is 0 Å². The van der Waals surface area contributed by atoms with Gasteiger partial charge >= 0.3 is 11.8 Å². The fourth-order valence-electron chi connectivity index (χ4n) is 1.79. The van der Waals surface area contributed by atoms with Crippen molar-refractivity contribution in [3.63, 3.8) is 0 Å². The van der Waals surface area contributed by atoms with Crippen LogP contribution in [0.5, 0.6) is 5.75 Å². The highest BCUT2D eigenvalue weighted by Crippen LogP contribution is 2.27. The van der Waals surface area contributed by atoms with Crippen molar-refractivity contribution >= 4 is 58.5 Å². The summed E-state index contributed by atoms with van der Waals surface area (Å²) < 4.78 is 5.08. The van der Waals surface area contributed by atoms with Crippen LogP contribution in [0.25, 0.3) is 0 Å². The second-order valence-electron chi connectivity index (χ2n) is 4.64. The molecule has 2 aromatic carbocycles. The number of ether oxygens (including phenoxy) is 1. The number of amides is 2. The van der Waals surface area contributed by atoms with E-state index < -0.39 is 11.8 Å². The first-order valence-electron chi connectivity index (χ1n) is 6.84. The number of carbonyl (C=O) groups is 2. The van der Waals surface area contributed by atoms with Gasteiger partial charge in [-0.25, -0.2) is 5.43 Å². The van der Waals surface area contributed by atoms with Gasteiger partial charge in [0.15, 0.2) is 0 Å². The molecule has 25 heavy (non-hydrogen) atoms. The summed E-state index contributed by atoms with van der Waals surface area (Å²) in [7, 11) is 1.43. The van der Waals surface area contributed by atoms with E-state index in [-0.39, 0.29) is 10.7 Å². The zero-order valence-corrected chi connectivity index (χ0v) is 15.1. The lowest BCUT2D eigenvalue weighted by Crippen LogP contribution is -2.32. The first-order valence-corrected chi connectivity index (χ1v) is 7.97. The molecule has 0 bridgehead atoms. The third kappa shape index (κ3) is 5.09. The predicted molar refractivity (Wildman–Crippen MR) is 98.8 cm³/mol. The second-order valence-corrected chi connectivity index (χ2v) is 5.86. The summed E-state index contributed by atoms with van der Waals surface area (Å²) >= 11 is 17.7. The Balaban J connectivity index is 2.01. The Labute approximate surface area is 158 Å². The number of carbonyl (C=O) groups excluding carboxylic acids is 2. The lowest BCUT2D eigenvalue weighted by molar-refractivity contribution is -0.136. The Kier molecular flexibility index (Phi) is 6.64. The van der Waals surface area contributed by atoms with Crippen molar-refractivity contribution in [2.45, 2.75) is 0 Å². The molecule has 2 aromatic rings. The van der Waals surface area contributed by atoms with Crippen LogP contribution >= 0.6 is 34.8 Å². The summed E-state index contributed by atoms with van der Waals surface area (Å²) in [5.74, 6) is -1.55. The molecule has 0 fully saturated rings. The first-order chi connectivity index (χ1) is 11.9. The van der Waals surface area contributed by atoms with Crippen LogP contribution in [0, 0.1) is 0 Å². The van der Waals surface area contributed by atoms with Crippen molar-refractivity contribution in [2.24, 2.45) is 5.10 Å². The topological polar surface area (TPSA) is 79.8 Å². The average Bonchev–Trinajstić information content (AvgIpc) is 2.58. The number of benzene rings is 2. The van der Waals surface area contributed by atoms with Gasteiger partial charge in [-0.05, 0) is 24.3 Å². The number of hydrogen-bond acceptors (Lipinski definition) is 4. The maximum absolute atomic E-state index is 11.9. The number of anilines is 1. The van der Waals surface area contributed by atoms with Gasteiger partial charge in [0.25, 0.3) is 0 Å². The Morgan fingerprint density at radius 2 is 1.88 bits per heavy atom. The van der Waals surface area contributed by atoms with Crippen LogP contribution in [0.4, 0.5) is 5.69 Å². The van der Waals surface area contributed by atoms with Crippen LogP contribution in [0.2, 0.25) is 15.1 Å². The molecule has 130 valence electrons. The number of halogens is 3. The van der Waals surface area contributed by atoms with Gasteiger partial charge in [0.1, 0.15) is 5.75 Å². The van der Waals surface area contributed by atoms with Crippen LogP contribution < -0.4 is 15.5 Å². The van der Waals surface area contributed by atoms with Crippen LogP contribution in [0.3, 0.4) is 0 Å². The summed E-state index contributed by atoms with van der Waals surface area (Å²) in [4.78, 5) is 23.7. The minimum Gasteiger partial charge on any atom is -0.495 e. The third-order valence-electron chi connectivity index (χ3n) is 2.97. The quantitative estimate of drug-likeness (QED) is 0.466. The smallest absolute Gasteiger partial charge is 0.329 e. The summed E-state index contributed by atoms with van der Waals surface area (Å²) in [6, 6.07) is 9.56. The molecule has 0 aliphatic carbocycles. The Hall–Kier alpha value is -2.28. The van der Waals surface area contributed by atoms with Crippen LogP contribution in [0.1, 0.15) is 5.56 Å². The van der Waals surface area contributed by atoms with Gasteiger partial charge in [0.2, 0.25) is 0 Å². The fraction of sp³-hybridized carbons (Fsp3) is 0.0625. The number of nitrogens with one attached hydrogen (secondary N) is 2. The van der Waals surface area contributed by atoms with Gasteiger partial charge in [0.05, 0.1) is 29.1 Å². The molecule has 0 atom stereocenters. The van der Waals surface area contributed by atoms with Gasteiger partial charge in [0, 0.05) is 10.6 Å². The summed E-state index contributed by atoms with van der Waals surface area (Å²) in [6.07, 6.45) is 1.28. The van der Waals surface area contributed by atoms with E-state index in [1.165, 1.54) is 19.4 Å². The number of hydrazone groups is 1. The van der Waals surface area contributed by atoms with Crippen molar-refractivity contribution < 1.29 is 14.3 Å². The largest absolute Gasteiger partial charge is 0.495 e. The van der Waals surface area contributed by atoms with Crippen molar-refractivity contribution in [1.82, 2.24) is 5.43 Å². The minimum absolute atomic E-state index is 0.261. The molecule has 0 aliphatic rings. The molecular formula is C16H12Cl3N3O3. The molecule has 0 aromatic heterocycles. The van der Waals surface area contributed by atoms with E-state index in [4.69, 9.17) is 39.5 Å². The van der Waals surface area contributed by atoms with Crippen molar-refractivity contribution in [2.75, 3.05) is 12.4 Å². The van der Waals surface area contributed by atoms with E-state index in [0.29, 0.717) is 21.4 Å². The van der Waals surface area contributed by atoms with Crippen molar-refractivity contribution in [3.8, 4) is 5.75 Å². The highest BCUT2D eigenvalue weighted by molar-refractivity contribution is 6.43. The minimum atomic E-state index is -0.976. The molecule has 0 spiro atoms. The number of rotatable bonds is 4. The summed E-state index contributed by atoms with van der Waals surface area (Å²) in [5, 5.41) is 7.09. The Morgan fingerprint density at radius 3 is 2.60 bits per heavy atom. The third-order valence-corrected chi connectivity index (χ3v) is 4.04. The lowest BCUT2D eigenvalue weighted by Gasteiger charge is -2.09. The van der Waals surface area contributed by atoms with E-state index in [9.17, 15) is 9.59 Å². The number of nitrogens with zero attached hydrogens (tertiary/aromatic N) is 1. The van der Waals surface area contributed by atoms with Crippen LogP contribution in [-0.4, -0.2) is 25.1 Å². The maximum Gasteiger partial charge on any atom is 0.329 e. The molecule has 2 rings (SSSR count).